The van der Waals surface area contributed by atoms with Crippen LogP contribution >= 0.6 is 0 Å². The molecule has 142 valence electrons. The first-order valence-corrected chi connectivity index (χ1v) is 11.4. The minimum atomic E-state index is 0.542. The van der Waals surface area contributed by atoms with Crippen LogP contribution in [0.1, 0.15) is 34.9 Å². The van der Waals surface area contributed by atoms with E-state index < -0.39 is 0 Å². The summed E-state index contributed by atoms with van der Waals surface area (Å²) < 4.78 is 0. The van der Waals surface area contributed by atoms with Crippen molar-refractivity contribution < 1.29 is 0 Å². The zero-order valence-corrected chi connectivity index (χ0v) is 16.9. The highest BCUT2D eigenvalue weighted by molar-refractivity contribution is 6.44. The van der Waals surface area contributed by atoms with Crippen molar-refractivity contribution >= 4 is 59.4 Å². The van der Waals surface area contributed by atoms with Gasteiger partial charge in [-0.1, -0.05) is 78.9 Å². The fourth-order valence-electron chi connectivity index (χ4n) is 7.15. The van der Waals surface area contributed by atoms with Crippen molar-refractivity contribution in [3.63, 3.8) is 0 Å². The summed E-state index contributed by atoms with van der Waals surface area (Å²) in [5.41, 5.74) is 6.10. The first kappa shape index (κ1) is 15.2. The Morgan fingerprint density at radius 3 is 1.87 bits per heavy atom. The smallest absolute Gasteiger partial charge is 0.0104 e. The summed E-state index contributed by atoms with van der Waals surface area (Å²) in [6.45, 7) is 0. The summed E-state index contributed by atoms with van der Waals surface area (Å²) in [4.78, 5) is 0. The zero-order chi connectivity index (χ0) is 19.8. The maximum atomic E-state index is 2.57. The molecule has 0 nitrogen and oxygen atoms in total. The van der Waals surface area contributed by atoms with E-state index in [1.165, 1.54) is 65.8 Å². The summed E-state index contributed by atoms with van der Waals surface area (Å²) in [5, 5.41) is 14.3. The van der Waals surface area contributed by atoms with Gasteiger partial charge < -0.3 is 0 Å². The Balaban J connectivity index is 1.47. The second-order valence-electron chi connectivity index (χ2n) is 9.65. The Kier molecular flexibility index (Phi) is 2.36. The maximum Gasteiger partial charge on any atom is 0.0104 e. The summed E-state index contributed by atoms with van der Waals surface area (Å²) >= 11 is 0. The minimum Gasteiger partial charge on any atom is -0.0725 e. The monoisotopic (exact) mass is 390 g/mol. The van der Waals surface area contributed by atoms with Crippen LogP contribution in [-0.2, 0) is 0 Å². The summed E-state index contributed by atoms with van der Waals surface area (Å²) in [6.07, 6.45) is 3.81. The van der Waals surface area contributed by atoms with Crippen LogP contribution in [0.3, 0.4) is 0 Å². The molecule has 2 aliphatic rings. The van der Waals surface area contributed by atoms with E-state index in [2.05, 4.69) is 84.9 Å². The predicted octanol–water partition coefficient (Wildman–Crippen LogP) is 8.43. The van der Waals surface area contributed by atoms with Crippen molar-refractivity contribution in [3.8, 4) is 0 Å². The Morgan fingerprint density at radius 2 is 1.13 bits per heavy atom. The molecule has 31 heavy (non-hydrogen) atoms. The lowest BCUT2D eigenvalue weighted by Gasteiger charge is -2.20. The molecular formula is C31H18. The number of hydrogen-bond donors (Lipinski definition) is 0. The van der Waals surface area contributed by atoms with Gasteiger partial charge in [0.05, 0.1) is 0 Å². The SMILES string of the molecule is C1=C(c2cc3ccc4ccc5ccc6ccc2c2c6c5c4c32)C2CC1c1ccccc12. The van der Waals surface area contributed by atoms with Crippen molar-refractivity contribution in [1.29, 1.82) is 0 Å². The molecule has 0 spiro atoms. The Morgan fingerprint density at radius 1 is 0.548 bits per heavy atom. The molecule has 0 aliphatic heterocycles. The van der Waals surface area contributed by atoms with E-state index in [4.69, 9.17) is 0 Å². The molecule has 2 unspecified atom stereocenters. The van der Waals surface area contributed by atoms with Crippen LogP contribution in [0.25, 0.3) is 59.4 Å². The van der Waals surface area contributed by atoms with Gasteiger partial charge >= 0.3 is 0 Å². The molecule has 2 aliphatic carbocycles. The number of benzene rings is 6. The van der Waals surface area contributed by atoms with Crippen LogP contribution in [-0.4, -0.2) is 0 Å². The van der Waals surface area contributed by atoms with Crippen LogP contribution in [0.5, 0.6) is 0 Å². The van der Waals surface area contributed by atoms with E-state index in [0.29, 0.717) is 11.8 Å². The second kappa shape index (κ2) is 4.81. The average Bonchev–Trinajstić information content (AvgIpc) is 3.52. The molecule has 7 aromatic carbocycles. The number of rotatable bonds is 1. The molecule has 0 N–H and O–H groups in total. The van der Waals surface area contributed by atoms with Gasteiger partial charge in [-0.3, -0.25) is 0 Å². The van der Waals surface area contributed by atoms with Gasteiger partial charge in [-0.05, 0) is 88.6 Å². The molecule has 0 aromatic heterocycles. The molecule has 0 saturated carbocycles. The van der Waals surface area contributed by atoms with Crippen LogP contribution in [0.15, 0.2) is 84.9 Å². The lowest BCUT2D eigenvalue weighted by Crippen LogP contribution is -1.99. The minimum absolute atomic E-state index is 0.542. The van der Waals surface area contributed by atoms with Crippen LogP contribution in [0.2, 0.25) is 0 Å². The summed E-state index contributed by atoms with van der Waals surface area (Å²) in [7, 11) is 0. The van der Waals surface area contributed by atoms with Crippen LogP contribution in [0, 0.1) is 0 Å². The van der Waals surface area contributed by atoms with Crippen molar-refractivity contribution in [1.82, 2.24) is 0 Å². The van der Waals surface area contributed by atoms with E-state index in [1.807, 2.05) is 0 Å². The number of fused-ring (bicyclic) bond motifs is 5. The van der Waals surface area contributed by atoms with Crippen molar-refractivity contribution in [2.45, 2.75) is 18.3 Å². The first-order chi connectivity index (χ1) is 15.4. The largest absolute Gasteiger partial charge is 0.0725 e. The van der Waals surface area contributed by atoms with Gasteiger partial charge in [0, 0.05) is 11.8 Å². The van der Waals surface area contributed by atoms with Gasteiger partial charge in [-0.25, -0.2) is 0 Å². The molecule has 9 rings (SSSR count). The molecule has 0 heterocycles. The first-order valence-electron chi connectivity index (χ1n) is 11.4. The third-order valence-electron chi connectivity index (χ3n) is 8.35. The fourth-order valence-corrected chi connectivity index (χ4v) is 7.15. The predicted molar refractivity (Wildman–Crippen MR) is 132 cm³/mol. The average molecular weight is 390 g/mol. The molecular weight excluding hydrogens is 372 g/mol. The van der Waals surface area contributed by atoms with Crippen molar-refractivity contribution in [2.24, 2.45) is 0 Å². The molecule has 7 aromatic rings. The Hall–Kier alpha value is -3.64. The number of hydrogen-bond acceptors (Lipinski definition) is 0. The van der Waals surface area contributed by atoms with E-state index in [-0.39, 0.29) is 0 Å². The molecule has 0 fully saturated rings. The van der Waals surface area contributed by atoms with Gasteiger partial charge in [-0.15, -0.1) is 0 Å². The quantitative estimate of drug-likeness (QED) is 0.247. The molecule has 2 bridgehead atoms. The van der Waals surface area contributed by atoms with Crippen molar-refractivity contribution in [2.75, 3.05) is 0 Å². The van der Waals surface area contributed by atoms with E-state index in [9.17, 15) is 0 Å². The third kappa shape index (κ3) is 1.58. The maximum absolute atomic E-state index is 2.57. The van der Waals surface area contributed by atoms with E-state index >= 15 is 0 Å². The summed E-state index contributed by atoms with van der Waals surface area (Å²) in [6, 6.07) is 30.2. The van der Waals surface area contributed by atoms with Gasteiger partial charge in [0.15, 0.2) is 0 Å². The van der Waals surface area contributed by atoms with Crippen LogP contribution < -0.4 is 0 Å². The molecule has 0 radical (unpaired) electrons. The van der Waals surface area contributed by atoms with Crippen LogP contribution in [0.4, 0.5) is 0 Å². The highest BCUT2D eigenvalue weighted by Crippen LogP contribution is 2.57. The van der Waals surface area contributed by atoms with Crippen molar-refractivity contribution in [3.05, 3.63) is 102 Å². The molecule has 2 atom stereocenters. The fraction of sp³-hybridized carbons (Fsp3) is 0.0968. The lowest BCUT2D eigenvalue weighted by molar-refractivity contribution is 0.811. The third-order valence-corrected chi connectivity index (χ3v) is 8.35. The van der Waals surface area contributed by atoms with E-state index in [0.717, 1.165) is 0 Å². The van der Waals surface area contributed by atoms with Gasteiger partial charge in [0.1, 0.15) is 0 Å². The van der Waals surface area contributed by atoms with Gasteiger partial charge in [0.2, 0.25) is 0 Å². The number of allylic oxidation sites excluding steroid dienone is 2. The lowest BCUT2D eigenvalue weighted by atomic mass is 9.84. The topological polar surface area (TPSA) is 0 Å². The normalized spacial score (nSPS) is 20.3. The molecule has 0 saturated heterocycles. The molecule has 0 amide bonds. The standard InChI is InChI=1S/C31H18/c1-2-4-22-21(3-1)20-14-24(22)26(15-20)25-13-19-10-9-17-6-5-16-7-8-18-11-12-23(25)31-29(18)27(16)28(17)30(19)31/h1-13,15,20,24H,14H2. The Bertz CT molecular complexity index is 1820. The van der Waals surface area contributed by atoms with Gasteiger partial charge in [0.25, 0.3) is 0 Å². The second-order valence-corrected chi connectivity index (χ2v) is 9.65. The van der Waals surface area contributed by atoms with Gasteiger partial charge in [-0.2, -0.15) is 0 Å². The zero-order valence-electron chi connectivity index (χ0n) is 16.9. The Labute approximate surface area is 179 Å². The highest BCUT2D eigenvalue weighted by atomic mass is 14.4. The summed E-state index contributed by atoms with van der Waals surface area (Å²) in [5.74, 6) is 1.12. The molecule has 0 heteroatoms. The van der Waals surface area contributed by atoms with E-state index in [1.54, 1.807) is 16.7 Å². The highest BCUT2D eigenvalue weighted by Gasteiger charge is 2.38.